The van der Waals surface area contributed by atoms with Gasteiger partial charge in [-0.25, -0.2) is 9.78 Å². The van der Waals surface area contributed by atoms with Gasteiger partial charge in [-0.2, -0.15) is 13.2 Å². The average Bonchev–Trinajstić information content (AvgIpc) is 2.43. The molecule has 6 nitrogen and oxygen atoms in total. The van der Waals surface area contributed by atoms with Crippen LogP contribution < -0.4 is 10.1 Å². The normalized spacial score (nSPS) is 12.8. The Morgan fingerprint density at radius 2 is 2.00 bits per heavy atom. The molecule has 0 saturated carbocycles. The highest BCUT2D eigenvalue weighted by atomic mass is 19.4. The van der Waals surface area contributed by atoms with Crippen molar-refractivity contribution in [2.75, 3.05) is 6.61 Å². The summed E-state index contributed by atoms with van der Waals surface area (Å²) in [7, 11) is 0. The first kappa shape index (κ1) is 18.7. The van der Waals surface area contributed by atoms with Crippen LogP contribution in [0.1, 0.15) is 30.6 Å². The van der Waals surface area contributed by atoms with E-state index in [9.17, 15) is 22.8 Å². The second-order valence-electron chi connectivity index (χ2n) is 5.28. The molecule has 0 saturated heterocycles. The monoisotopic (exact) mass is 334 g/mol. The second kappa shape index (κ2) is 7.80. The van der Waals surface area contributed by atoms with Crippen LogP contribution in [-0.4, -0.2) is 40.8 Å². The Bertz CT molecular complexity index is 544. The Morgan fingerprint density at radius 3 is 2.43 bits per heavy atom. The molecule has 0 fully saturated rings. The number of carbonyl (C=O) groups is 2. The molecular weight excluding hydrogens is 317 g/mol. The largest absolute Gasteiger partial charge is 0.480 e. The number of hydrogen-bond donors (Lipinski definition) is 2. The van der Waals surface area contributed by atoms with Gasteiger partial charge in [0.15, 0.2) is 6.61 Å². The van der Waals surface area contributed by atoms with Crippen molar-refractivity contribution in [3.63, 3.8) is 0 Å². The first-order chi connectivity index (χ1) is 10.6. The third kappa shape index (κ3) is 6.98. The zero-order valence-electron chi connectivity index (χ0n) is 12.6. The number of carboxylic acids is 1. The van der Waals surface area contributed by atoms with Crippen molar-refractivity contribution >= 4 is 11.9 Å². The van der Waals surface area contributed by atoms with Crippen LogP contribution in [0.5, 0.6) is 5.88 Å². The summed E-state index contributed by atoms with van der Waals surface area (Å²) in [6.07, 6.45) is -3.21. The molecule has 1 unspecified atom stereocenters. The van der Waals surface area contributed by atoms with Crippen LogP contribution in [0.4, 0.5) is 13.2 Å². The third-order valence-electron chi connectivity index (χ3n) is 2.69. The van der Waals surface area contributed by atoms with Gasteiger partial charge in [-0.3, -0.25) is 4.79 Å². The van der Waals surface area contributed by atoms with Crippen molar-refractivity contribution in [1.82, 2.24) is 10.3 Å². The fourth-order valence-corrected chi connectivity index (χ4v) is 1.69. The first-order valence-electron chi connectivity index (χ1n) is 6.77. The van der Waals surface area contributed by atoms with E-state index < -0.39 is 30.7 Å². The number of nitrogens with one attached hydrogen (secondary N) is 1. The molecule has 0 spiro atoms. The van der Waals surface area contributed by atoms with E-state index in [-0.39, 0.29) is 23.8 Å². The minimum Gasteiger partial charge on any atom is -0.480 e. The van der Waals surface area contributed by atoms with E-state index in [0.717, 1.165) is 12.3 Å². The molecule has 23 heavy (non-hydrogen) atoms. The number of nitrogens with zero attached hydrogens (tertiary/aromatic N) is 1. The van der Waals surface area contributed by atoms with Gasteiger partial charge in [0.1, 0.15) is 6.04 Å². The van der Waals surface area contributed by atoms with Gasteiger partial charge in [-0.1, -0.05) is 13.8 Å². The Kier molecular flexibility index (Phi) is 6.35. The van der Waals surface area contributed by atoms with E-state index in [0.29, 0.717) is 0 Å². The number of amides is 1. The molecular formula is C14H17F3N2O4. The van der Waals surface area contributed by atoms with Gasteiger partial charge < -0.3 is 15.2 Å². The minimum atomic E-state index is -4.48. The fourth-order valence-electron chi connectivity index (χ4n) is 1.69. The summed E-state index contributed by atoms with van der Waals surface area (Å²) in [4.78, 5) is 26.6. The third-order valence-corrected chi connectivity index (χ3v) is 2.69. The summed E-state index contributed by atoms with van der Waals surface area (Å²) >= 11 is 0. The lowest BCUT2D eigenvalue weighted by Gasteiger charge is -2.16. The summed E-state index contributed by atoms with van der Waals surface area (Å²) in [5.74, 6) is -2.05. The van der Waals surface area contributed by atoms with E-state index in [1.165, 1.54) is 6.07 Å². The van der Waals surface area contributed by atoms with Gasteiger partial charge in [0.2, 0.25) is 5.88 Å². The highest BCUT2D eigenvalue weighted by molar-refractivity contribution is 5.96. The van der Waals surface area contributed by atoms with E-state index in [1.807, 2.05) is 13.8 Å². The number of aliphatic carboxylic acids is 1. The van der Waals surface area contributed by atoms with Gasteiger partial charge in [0.05, 0.1) is 5.56 Å². The molecule has 2 N–H and O–H groups in total. The number of carboxylic acid groups (broad SMARTS) is 1. The Labute approximate surface area is 130 Å². The highest BCUT2D eigenvalue weighted by Crippen LogP contribution is 2.17. The summed E-state index contributed by atoms with van der Waals surface area (Å²) in [6.45, 7) is 2.15. The van der Waals surface area contributed by atoms with Crippen molar-refractivity contribution in [2.24, 2.45) is 5.92 Å². The van der Waals surface area contributed by atoms with Crippen LogP contribution in [0.2, 0.25) is 0 Å². The predicted molar refractivity (Wildman–Crippen MR) is 74.1 cm³/mol. The van der Waals surface area contributed by atoms with Crippen molar-refractivity contribution in [2.45, 2.75) is 32.5 Å². The molecule has 128 valence electrons. The molecule has 1 aromatic rings. The van der Waals surface area contributed by atoms with Crippen LogP contribution in [0.15, 0.2) is 18.3 Å². The van der Waals surface area contributed by atoms with Crippen LogP contribution >= 0.6 is 0 Å². The molecule has 9 heteroatoms. The van der Waals surface area contributed by atoms with Gasteiger partial charge in [-0.05, 0) is 18.4 Å². The maximum absolute atomic E-state index is 12.0. The summed E-state index contributed by atoms with van der Waals surface area (Å²) in [5.41, 5.74) is 0.0272. The number of rotatable bonds is 7. The van der Waals surface area contributed by atoms with E-state index in [1.54, 1.807) is 0 Å². The lowest BCUT2D eigenvalue weighted by atomic mass is 10.0. The Morgan fingerprint density at radius 1 is 1.35 bits per heavy atom. The van der Waals surface area contributed by atoms with E-state index >= 15 is 0 Å². The van der Waals surface area contributed by atoms with Crippen LogP contribution in [0.25, 0.3) is 0 Å². The molecule has 0 aliphatic heterocycles. The quantitative estimate of drug-likeness (QED) is 0.798. The van der Waals surface area contributed by atoms with Gasteiger partial charge in [-0.15, -0.1) is 0 Å². The van der Waals surface area contributed by atoms with Crippen molar-refractivity contribution in [3.05, 3.63) is 23.9 Å². The molecule has 1 aromatic heterocycles. The molecule has 1 atom stereocenters. The number of ether oxygens (including phenoxy) is 1. The van der Waals surface area contributed by atoms with Crippen LogP contribution in [0, 0.1) is 5.92 Å². The lowest BCUT2D eigenvalue weighted by molar-refractivity contribution is -0.154. The summed E-state index contributed by atoms with van der Waals surface area (Å²) in [5, 5.41) is 11.4. The van der Waals surface area contributed by atoms with Gasteiger partial charge in [0, 0.05) is 12.3 Å². The molecule has 0 bridgehead atoms. The fraction of sp³-hybridized carbons (Fsp3) is 0.500. The predicted octanol–water partition coefficient (Wildman–Crippen LogP) is 2.25. The van der Waals surface area contributed by atoms with Crippen LogP contribution in [0.3, 0.4) is 0 Å². The maximum atomic E-state index is 12.0. The van der Waals surface area contributed by atoms with Gasteiger partial charge in [0.25, 0.3) is 5.91 Å². The van der Waals surface area contributed by atoms with E-state index in [2.05, 4.69) is 15.0 Å². The van der Waals surface area contributed by atoms with Crippen LogP contribution in [-0.2, 0) is 4.79 Å². The topological polar surface area (TPSA) is 88.5 Å². The summed E-state index contributed by atoms with van der Waals surface area (Å²) in [6, 6.07) is 1.27. The van der Waals surface area contributed by atoms with Gasteiger partial charge >= 0.3 is 12.1 Å². The number of pyridine rings is 1. The highest BCUT2D eigenvalue weighted by Gasteiger charge is 2.28. The first-order valence-corrected chi connectivity index (χ1v) is 6.77. The molecule has 1 rings (SSSR count). The molecule has 0 aliphatic carbocycles. The smallest absolute Gasteiger partial charge is 0.422 e. The Hall–Kier alpha value is -2.32. The van der Waals surface area contributed by atoms with Crippen molar-refractivity contribution < 1.29 is 32.6 Å². The molecule has 1 amide bonds. The van der Waals surface area contributed by atoms with Crippen molar-refractivity contribution in [1.29, 1.82) is 0 Å². The lowest BCUT2D eigenvalue weighted by Crippen LogP contribution is -2.41. The number of halogens is 3. The standard InChI is InChI=1S/C14H17F3N2O4/c1-8(2)5-10(13(21)22)19-12(20)9-3-4-11(18-6-9)23-7-14(15,16)17/h3-4,6,8,10H,5,7H2,1-2H3,(H,19,20)(H,21,22). The number of carbonyl (C=O) groups excluding carboxylic acids is 1. The number of hydrogen-bond acceptors (Lipinski definition) is 4. The zero-order chi connectivity index (χ0) is 17.6. The zero-order valence-corrected chi connectivity index (χ0v) is 12.6. The minimum absolute atomic E-state index is 0.0272. The van der Waals surface area contributed by atoms with E-state index in [4.69, 9.17) is 5.11 Å². The maximum Gasteiger partial charge on any atom is 0.422 e. The second-order valence-corrected chi connectivity index (χ2v) is 5.28. The number of alkyl halides is 3. The molecule has 0 aliphatic rings. The SMILES string of the molecule is CC(C)CC(NC(=O)c1ccc(OCC(F)(F)F)nc1)C(=O)O. The summed E-state index contributed by atoms with van der Waals surface area (Å²) < 4.78 is 40.4. The molecule has 0 radical (unpaired) electrons. The molecule has 0 aromatic carbocycles. The molecule has 1 heterocycles. The number of aromatic nitrogens is 1. The average molecular weight is 334 g/mol. The van der Waals surface area contributed by atoms with Crippen molar-refractivity contribution in [3.8, 4) is 5.88 Å². The Balaban J connectivity index is 2.67.